The lowest BCUT2D eigenvalue weighted by Gasteiger charge is -2.37. The number of alkyl halides is 3. The maximum Gasteiger partial charge on any atom is 0.417 e. The molecule has 2 fully saturated rings. The van der Waals surface area contributed by atoms with Crippen molar-refractivity contribution in [1.29, 1.82) is 0 Å². The molecule has 1 aromatic heterocycles. The molecule has 7 nitrogen and oxygen atoms in total. The van der Waals surface area contributed by atoms with Crippen LogP contribution in [0.2, 0.25) is 0 Å². The zero-order valence-corrected chi connectivity index (χ0v) is 16.5. The van der Waals surface area contributed by atoms with Crippen molar-refractivity contribution in [3.8, 4) is 0 Å². The van der Waals surface area contributed by atoms with Crippen LogP contribution in [-0.2, 0) is 15.7 Å². The third-order valence-electron chi connectivity index (χ3n) is 5.05. The molecule has 0 saturated carbocycles. The molecule has 30 heavy (non-hydrogen) atoms. The van der Waals surface area contributed by atoms with E-state index in [0.29, 0.717) is 39.1 Å². The largest absolute Gasteiger partial charge is 0.417 e. The SMILES string of the molecule is O=C(Nc1nc(C(=O)N2CCC3(CC2)OCCO3)cs1)c1ccccc1C(F)(F)F. The fraction of sp³-hybridized carbons (Fsp3) is 0.421. The molecule has 0 unspecified atom stereocenters. The summed E-state index contributed by atoms with van der Waals surface area (Å²) in [7, 11) is 0. The average molecular weight is 441 g/mol. The van der Waals surface area contributed by atoms with Crippen LogP contribution in [0.5, 0.6) is 0 Å². The zero-order valence-electron chi connectivity index (χ0n) is 15.7. The number of nitrogens with one attached hydrogen (secondary N) is 1. The summed E-state index contributed by atoms with van der Waals surface area (Å²) in [5.41, 5.74) is -1.41. The highest BCUT2D eigenvalue weighted by atomic mass is 32.1. The highest BCUT2D eigenvalue weighted by Gasteiger charge is 2.41. The summed E-state index contributed by atoms with van der Waals surface area (Å²) < 4.78 is 50.6. The van der Waals surface area contributed by atoms with Crippen LogP contribution in [0.3, 0.4) is 0 Å². The Balaban J connectivity index is 1.41. The third kappa shape index (κ3) is 4.18. The number of ether oxygens (including phenoxy) is 2. The number of aromatic nitrogens is 1. The molecule has 4 rings (SSSR count). The van der Waals surface area contributed by atoms with Crippen molar-refractivity contribution < 1.29 is 32.2 Å². The van der Waals surface area contributed by atoms with Gasteiger partial charge in [0.25, 0.3) is 11.8 Å². The Morgan fingerprint density at radius 2 is 1.80 bits per heavy atom. The Labute approximate surface area is 173 Å². The van der Waals surface area contributed by atoms with Crippen LogP contribution in [0.4, 0.5) is 18.3 Å². The van der Waals surface area contributed by atoms with E-state index in [1.165, 1.54) is 17.5 Å². The second-order valence-electron chi connectivity index (χ2n) is 6.94. The lowest BCUT2D eigenvalue weighted by molar-refractivity contribution is -0.181. The second kappa shape index (κ2) is 7.97. The number of piperidine rings is 1. The number of thiazole rings is 1. The van der Waals surface area contributed by atoms with Crippen LogP contribution in [0.25, 0.3) is 0 Å². The first-order valence-electron chi connectivity index (χ1n) is 9.28. The molecule has 1 aromatic carbocycles. The lowest BCUT2D eigenvalue weighted by atomic mass is 10.0. The number of amides is 2. The van der Waals surface area contributed by atoms with Crippen LogP contribution in [0.15, 0.2) is 29.6 Å². The quantitative estimate of drug-likeness (QED) is 0.790. The minimum absolute atomic E-state index is 0.0521. The molecule has 0 atom stereocenters. The zero-order chi connectivity index (χ0) is 21.4. The summed E-state index contributed by atoms with van der Waals surface area (Å²) in [4.78, 5) is 30.7. The van der Waals surface area contributed by atoms with E-state index in [9.17, 15) is 22.8 Å². The van der Waals surface area contributed by atoms with Crippen molar-refractivity contribution in [2.24, 2.45) is 0 Å². The predicted octanol–water partition coefficient (Wildman–Crippen LogP) is 3.39. The van der Waals surface area contributed by atoms with Crippen LogP contribution in [-0.4, -0.2) is 53.8 Å². The van der Waals surface area contributed by atoms with E-state index in [1.807, 2.05) is 0 Å². The predicted molar refractivity (Wildman–Crippen MR) is 101 cm³/mol. The fourth-order valence-electron chi connectivity index (χ4n) is 3.52. The molecule has 2 amide bonds. The summed E-state index contributed by atoms with van der Waals surface area (Å²) >= 11 is 0.976. The van der Waals surface area contributed by atoms with E-state index >= 15 is 0 Å². The summed E-state index contributed by atoms with van der Waals surface area (Å²) in [6.45, 7) is 1.97. The van der Waals surface area contributed by atoms with E-state index in [1.54, 1.807) is 4.90 Å². The normalized spacial score (nSPS) is 18.6. The van der Waals surface area contributed by atoms with Gasteiger partial charge in [0.1, 0.15) is 5.69 Å². The van der Waals surface area contributed by atoms with Crippen LogP contribution < -0.4 is 5.32 Å². The number of likely N-dealkylation sites (tertiary alicyclic amines) is 1. The molecule has 0 bridgehead atoms. The number of benzene rings is 1. The van der Waals surface area contributed by atoms with Crippen LogP contribution >= 0.6 is 11.3 Å². The van der Waals surface area contributed by atoms with Gasteiger partial charge in [0.05, 0.1) is 24.3 Å². The molecule has 1 spiro atoms. The molecular formula is C19H18F3N3O4S. The molecule has 2 aromatic rings. The second-order valence-corrected chi connectivity index (χ2v) is 7.79. The van der Waals surface area contributed by atoms with E-state index in [0.717, 1.165) is 23.5 Å². The summed E-state index contributed by atoms with van der Waals surface area (Å²) in [5, 5.41) is 3.87. The van der Waals surface area contributed by atoms with Gasteiger partial charge in [0.2, 0.25) is 0 Å². The third-order valence-corrected chi connectivity index (χ3v) is 5.80. The molecule has 3 heterocycles. The van der Waals surface area contributed by atoms with Gasteiger partial charge >= 0.3 is 6.18 Å². The maximum atomic E-state index is 13.1. The Morgan fingerprint density at radius 1 is 1.13 bits per heavy atom. The molecule has 2 saturated heterocycles. The highest BCUT2D eigenvalue weighted by Crippen LogP contribution is 2.33. The molecule has 0 radical (unpaired) electrons. The van der Waals surface area contributed by atoms with Gasteiger partial charge in [0, 0.05) is 31.3 Å². The van der Waals surface area contributed by atoms with Crippen molar-refractivity contribution >= 4 is 28.3 Å². The molecule has 160 valence electrons. The summed E-state index contributed by atoms with van der Waals surface area (Å²) in [6, 6.07) is 4.49. The molecule has 2 aliphatic heterocycles. The average Bonchev–Trinajstić information content (AvgIpc) is 3.37. The van der Waals surface area contributed by atoms with E-state index < -0.39 is 29.0 Å². The van der Waals surface area contributed by atoms with Crippen molar-refractivity contribution in [3.05, 3.63) is 46.5 Å². The highest BCUT2D eigenvalue weighted by molar-refractivity contribution is 7.14. The Kier molecular flexibility index (Phi) is 5.51. The Bertz CT molecular complexity index is 946. The monoisotopic (exact) mass is 441 g/mol. The van der Waals surface area contributed by atoms with Crippen molar-refractivity contribution in [1.82, 2.24) is 9.88 Å². The number of nitrogens with zero attached hydrogens (tertiary/aromatic N) is 2. The number of anilines is 1. The standard InChI is InChI=1S/C19H18F3N3O4S/c20-19(21,22)13-4-2-1-3-12(13)15(26)24-17-23-14(11-30-17)16(27)25-7-5-18(6-8-25)28-9-10-29-18/h1-4,11H,5-10H2,(H,23,24,26). The van der Waals surface area contributed by atoms with Gasteiger partial charge in [-0.05, 0) is 12.1 Å². The van der Waals surface area contributed by atoms with Gasteiger partial charge in [0.15, 0.2) is 10.9 Å². The molecular weight excluding hydrogens is 423 g/mol. The first kappa shape index (κ1) is 20.8. The number of hydrogen-bond acceptors (Lipinski definition) is 6. The van der Waals surface area contributed by atoms with Gasteiger partial charge in [-0.15, -0.1) is 11.3 Å². The Hall–Kier alpha value is -2.50. The van der Waals surface area contributed by atoms with Gasteiger partial charge in [-0.1, -0.05) is 12.1 Å². The smallest absolute Gasteiger partial charge is 0.347 e. The number of rotatable bonds is 3. The minimum Gasteiger partial charge on any atom is -0.347 e. The fourth-order valence-corrected chi connectivity index (χ4v) is 4.20. The van der Waals surface area contributed by atoms with Crippen molar-refractivity contribution in [3.63, 3.8) is 0 Å². The van der Waals surface area contributed by atoms with Gasteiger partial charge in [-0.3, -0.25) is 14.9 Å². The van der Waals surface area contributed by atoms with Crippen LogP contribution in [0, 0.1) is 0 Å². The van der Waals surface area contributed by atoms with Crippen molar-refractivity contribution in [2.45, 2.75) is 24.8 Å². The topological polar surface area (TPSA) is 80.8 Å². The molecule has 2 aliphatic rings. The maximum absolute atomic E-state index is 13.1. The first-order valence-corrected chi connectivity index (χ1v) is 10.2. The minimum atomic E-state index is -4.66. The molecule has 1 N–H and O–H groups in total. The molecule has 11 heteroatoms. The number of carbonyl (C=O) groups excluding carboxylic acids is 2. The summed E-state index contributed by atoms with van der Waals surface area (Å²) in [5.74, 6) is -1.86. The van der Waals surface area contributed by atoms with E-state index in [2.05, 4.69) is 10.3 Å². The number of hydrogen-bond donors (Lipinski definition) is 1. The number of halogens is 3. The van der Waals surface area contributed by atoms with E-state index in [-0.39, 0.29) is 16.7 Å². The molecule has 0 aliphatic carbocycles. The van der Waals surface area contributed by atoms with E-state index in [4.69, 9.17) is 9.47 Å². The summed E-state index contributed by atoms with van der Waals surface area (Å²) in [6.07, 6.45) is -3.54. The van der Waals surface area contributed by atoms with Gasteiger partial charge in [-0.25, -0.2) is 4.98 Å². The first-order chi connectivity index (χ1) is 14.3. The van der Waals surface area contributed by atoms with Gasteiger partial charge in [-0.2, -0.15) is 13.2 Å². The van der Waals surface area contributed by atoms with Crippen molar-refractivity contribution in [2.75, 3.05) is 31.6 Å². The van der Waals surface area contributed by atoms with Crippen LogP contribution in [0.1, 0.15) is 39.3 Å². The lowest BCUT2D eigenvalue weighted by Crippen LogP contribution is -2.47. The Morgan fingerprint density at radius 3 is 2.47 bits per heavy atom. The van der Waals surface area contributed by atoms with Gasteiger partial charge < -0.3 is 14.4 Å². The number of carbonyl (C=O) groups is 2.